The first-order chi connectivity index (χ1) is 14.5. The van der Waals surface area contributed by atoms with Crippen molar-refractivity contribution in [2.24, 2.45) is 0 Å². The van der Waals surface area contributed by atoms with Crippen molar-refractivity contribution in [3.63, 3.8) is 0 Å². The van der Waals surface area contributed by atoms with Crippen LogP contribution in [0.3, 0.4) is 0 Å². The van der Waals surface area contributed by atoms with E-state index in [1.807, 2.05) is 55.5 Å². The fraction of sp³-hybridized carbons (Fsp3) is 0.130. The maximum absolute atomic E-state index is 12.7. The van der Waals surface area contributed by atoms with Crippen LogP contribution in [0.1, 0.15) is 32.6 Å². The summed E-state index contributed by atoms with van der Waals surface area (Å²) >= 11 is 1.24. The van der Waals surface area contributed by atoms with E-state index in [-0.39, 0.29) is 5.91 Å². The summed E-state index contributed by atoms with van der Waals surface area (Å²) in [6, 6.07) is 18.2. The van der Waals surface area contributed by atoms with Crippen molar-refractivity contribution in [1.29, 1.82) is 0 Å². The van der Waals surface area contributed by atoms with Crippen molar-refractivity contribution in [3.8, 4) is 5.75 Å². The van der Waals surface area contributed by atoms with Crippen molar-refractivity contribution in [1.82, 2.24) is 4.98 Å². The summed E-state index contributed by atoms with van der Waals surface area (Å²) in [5, 5.41) is 14.4. The number of ether oxygens (including phenoxy) is 1. The molecule has 2 aromatic heterocycles. The number of carbonyl (C=O) groups excluding carboxylic acids is 1. The van der Waals surface area contributed by atoms with Crippen LogP contribution in [-0.2, 0) is 0 Å². The quantitative estimate of drug-likeness (QED) is 0.442. The molecule has 7 heteroatoms. The molecule has 2 heterocycles. The summed E-state index contributed by atoms with van der Waals surface area (Å²) < 4.78 is 5.17. The molecule has 1 atom stereocenters. The van der Waals surface area contributed by atoms with Gasteiger partial charge < -0.3 is 20.9 Å². The molecule has 4 aromatic rings. The number of nitrogens with one attached hydrogen (secondary N) is 1. The van der Waals surface area contributed by atoms with Gasteiger partial charge in [-0.25, -0.2) is 4.98 Å². The molecule has 0 bridgehead atoms. The number of methoxy groups -OCH3 is 1. The summed E-state index contributed by atoms with van der Waals surface area (Å²) in [5.74, 6) is 0.434. The van der Waals surface area contributed by atoms with Gasteiger partial charge >= 0.3 is 0 Å². The molecule has 30 heavy (non-hydrogen) atoms. The molecule has 0 aliphatic rings. The minimum absolute atomic E-state index is 0.281. The van der Waals surface area contributed by atoms with Crippen molar-refractivity contribution in [3.05, 3.63) is 82.4 Å². The number of para-hydroxylation sites is 1. The first kappa shape index (κ1) is 19.9. The number of aliphatic hydroxyl groups is 1. The van der Waals surface area contributed by atoms with Gasteiger partial charge in [0.05, 0.1) is 12.8 Å². The van der Waals surface area contributed by atoms with Gasteiger partial charge in [0, 0.05) is 22.3 Å². The highest BCUT2D eigenvalue weighted by molar-refractivity contribution is 7.21. The van der Waals surface area contributed by atoms with Crippen molar-refractivity contribution >= 4 is 38.8 Å². The fourth-order valence-corrected chi connectivity index (χ4v) is 4.28. The van der Waals surface area contributed by atoms with E-state index in [2.05, 4.69) is 10.3 Å². The molecule has 0 spiro atoms. The number of anilines is 2. The van der Waals surface area contributed by atoms with Crippen LogP contribution in [0.25, 0.3) is 10.2 Å². The third-order valence-electron chi connectivity index (χ3n) is 4.91. The number of hydrogen-bond donors (Lipinski definition) is 3. The Morgan fingerprint density at radius 1 is 1.17 bits per heavy atom. The number of nitrogens with two attached hydrogens (primary N) is 1. The molecule has 0 fully saturated rings. The van der Waals surface area contributed by atoms with E-state index < -0.39 is 6.10 Å². The summed E-state index contributed by atoms with van der Waals surface area (Å²) in [7, 11) is 1.60. The van der Waals surface area contributed by atoms with Gasteiger partial charge in [0.2, 0.25) is 0 Å². The van der Waals surface area contributed by atoms with Crippen molar-refractivity contribution in [2.45, 2.75) is 13.0 Å². The monoisotopic (exact) mass is 419 g/mol. The molecule has 6 nitrogen and oxygen atoms in total. The first-order valence-corrected chi connectivity index (χ1v) is 10.2. The molecule has 0 aliphatic carbocycles. The Balaban J connectivity index is 1.69. The zero-order chi connectivity index (χ0) is 21.3. The van der Waals surface area contributed by atoms with Gasteiger partial charge in [-0.15, -0.1) is 11.3 Å². The second kappa shape index (κ2) is 8.14. The smallest absolute Gasteiger partial charge is 0.267 e. The van der Waals surface area contributed by atoms with E-state index in [9.17, 15) is 9.90 Å². The molecule has 2 aromatic carbocycles. The molecule has 1 amide bonds. The summed E-state index contributed by atoms with van der Waals surface area (Å²) in [6.07, 6.45) is -0.867. The number of nitrogen functional groups attached to an aromatic ring is 1. The summed E-state index contributed by atoms with van der Waals surface area (Å²) in [5.41, 5.74) is 9.40. The molecule has 0 saturated carbocycles. The zero-order valence-electron chi connectivity index (χ0n) is 16.5. The van der Waals surface area contributed by atoms with Gasteiger partial charge in [-0.05, 0) is 42.8 Å². The number of amides is 1. The van der Waals surface area contributed by atoms with Crippen LogP contribution in [0.4, 0.5) is 11.4 Å². The lowest BCUT2D eigenvalue weighted by atomic mass is 9.99. The number of nitrogens with zero attached hydrogens (tertiary/aromatic N) is 1. The van der Waals surface area contributed by atoms with E-state index in [0.29, 0.717) is 43.5 Å². The van der Waals surface area contributed by atoms with Crippen molar-refractivity contribution in [2.75, 3.05) is 18.2 Å². The molecule has 1 unspecified atom stereocenters. The molecule has 152 valence electrons. The van der Waals surface area contributed by atoms with Crippen LogP contribution in [0, 0.1) is 6.92 Å². The zero-order valence-corrected chi connectivity index (χ0v) is 17.4. The molecule has 4 rings (SSSR count). The highest BCUT2D eigenvalue weighted by Gasteiger charge is 2.21. The van der Waals surface area contributed by atoms with E-state index >= 15 is 0 Å². The van der Waals surface area contributed by atoms with Crippen LogP contribution >= 0.6 is 11.3 Å². The molecular weight excluding hydrogens is 398 g/mol. The maximum atomic E-state index is 12.7. The third-order valence-corrected chi connectivity index (χ3v) is 6.03. The summed E-state index contributed by atoms with van der Waals surface area (Å²) in [6.45, 7) is 1.83. The highest BCUT2D eigenvalue weighted by atomic mass is 32.1. The number of carbonyl (C=O) groups is 1. The Bertz CT molecular complexity index is 1200. The third kappa shape index (κ3) is 3.72. The first-order valence-electron chi connectivity index (χ1n) is 9.36. The van der Waals surface area contributed by atoms with Gasteiger partial charge in [-0.2, -0.15) is 0 Å². The molecule has 0 radical (unpaired) electrons. The van der Waals surface area contributed by atoms with Crippen molar-refractivity contribution < 1.29 is 14.6 Å². The van der Waals surface area contributed by atoms with Crippen LogP contribution in [0.2, 0.25) is 0 Å². The molecule has 0 aliphatic heterocycles. The normalized spacial score (nSPS) is 12.0. The fourth-order valence-electron chi connectivity index (χ4n) is 3.26. The number of fused-ring (bicyclic) bond motifs is 1. The van der Waals surface area contributed by atoms with E-state index in [1.165, 1.54) is 11.3 Å². The average Bonchev–Trinajstić information content (AvgIpc) is 3.09. The van der Waals surface area contributed by atoms with E-state index in [0.717, 1.165) is 5.56 Å². The van der Waals surface area contributed by atoms with Gasteiger partial charge in [0.15, 0.2) is 0 Å². The lowest BCUT2D eigenvalue weighted by molar-refractivity contribution is 0.103. The number of aryl methyl sites for hydroxylation is 1. The number of aromatic nitrogens is 1. The topological polar surface area (TPSA) is 97.5 Å². The Morgan fingerprint density at radius 3 is 2.53 bits per heavy atom. The van der Waals surface area contributed by atoms with E-state index in [4.69, 9.17) is 10.5 Å². The second-order valence-electron chi connectivity index (χ2n) is 6.86. The SMILES string of the molecule is COc1ccc(C(O)c2cc3c(N)c(C(=O)Nc4ccccc4)sc3nc2C)cc1. The van der Waals surface area contributed by atoms with Crippen LogP contribution in [0.5, 0.6) is 5.75 Å². The number of benzene rings is 2. The Hall–Kier alpha value is -3.42. The number of rotatable bonds is 5. The largest absolute Gasteiger partial charge is 0.497 e. The van der Waals surface area contributed by atoms with Crippen LogP contribution < -0.4 is 15.8 Å². The minimum atomic E-state index is -0.867. The lowest BCUT2D eigenvalue weighted by Gasteiger charge is -2.14. The average molecular weight is 420 g/mol. The van der Waals surface area contributed by atoms with Gasteiger partial charge in [0.1, 0.15) is 21.6 Å². The second-order valence-corrected chi connectivity index (χ2v) is 7.86. The van der Waals surface area contributed by atoms with Gasteiger partial charge in [0.25, 0.3) is 5.91 Å². The van der Waals surface area contributed by atoms with Gasteiger partial charge in [-0.1, -0.05) is 30.3 Å². The standard InChI is InChI=1S/C23H21N3O3S/c1-13-17(20(27)14-8-10-16(29-2)11-9-14)12-18-19(24)21(30-23(18)25-13)22(28)26-15-6-4-3-5-7-15/h3-12,20,27H,24H2,1-2H3,(H,26,28). The molecular formula is C23H21N3O3S. The lowest BCUT2D eigenvalue weighted by Crippen LogP contribution is -2.11. The number of aliphatic hydroxyl groups excluding tert-OH is 1. The number of thiophene rings is 1. The van der Waals surface area contributed by atoms with Crippen LogP contribution in [0.15, 0.2) is 60.7 Å². The van der Waals surface area contributed by atoms with Gasteiger partial charge in [-0.3, -0.25) is 4.79 Å². The predicted octanol–water partition coefficient (Wildman–Crippen LogP) is 4.53. The van der Waals surface area contributed by atoms with E-state index in [1.54, 1.807) is 19.2 Å². The Kier molecular flexibility index (Phi) is 5.39. The number of pyridine rings is 1. The summed E-state index contributed by atoms with van der Waals surface area (Å²) in [4.78, 5) is 18.4. The minimum Gasteiger partial charge on any atom is -0.497 e. The molecule has 0 saturated heterocycles. The predicted molar refractivity (Wildman–Crippen MR) is 120 cm³/mol. The number of hydrogen-bond acceptors (Lipinski definition) is 6. The maximum Gasteiger partial charge on any atom is 0.267 e. The molecule has 4 N–H and O–H groups in total. The Labute approximate surface area is 178 Å². The highest BCUT2D eigenvalue weighted by Crippen LogP contribution is 2.36. The van der Waals surface area contributed by atoms with Crippen LogP contribution in [-0.4, -0.2) is 23.1 Å². The Morgan fingerprint density at radius 2 is 1.87 bits per heavy atom.